The van der Waals surface area contributed by atoms with E-state index in [1.807, 2.05) is 20.8 Å². The SMILES string of the molecule is Cc1ccc(SCC(Cl)OC(C)(C)C)cc1. The third kappa shape index (κ3) is 5.78. The monoisotopic (exact) mass is 258 g/mol. The second-order valence-corrected chi connectivity index (χ2v) is 6.34. The van der Waals surface area contributed by atoms with Gasteiger partial charge in [0.15, 0.2) is 0 Å². The lowest BCUT2D eigenvalue weighted by molar-refractivity contribution is -0.0131. The highest BCUT2D eigenvalue weighted by atomic mass is 35.5. The van der Waals surface area contributed by atoms with Crippen LogP contribution in [0.4, 0.5) is 0 Å². The predicted molar refractivity (Wildman–Crippen MR) is 72.4 cm³/mol. The van der Waals surface area contributed by atoms with Gasteiger partial charge in [0.1, 0.15) is 5.56 Å². The highest BCUT2D eigenvalue weighted by Gasteiger charge is 2.16. The fourth-order valence-corrected chi connectivity index (χ4v) is 2.39. The van der Waals surface area contributed by atoms with Gasteiger partial charge in [0.25, 0.3) is 0 Å². The molecule has 0 aliphatic carbocycles. The molecule has 16 heavy (non-hydrogen) atoms. The summed E-state index contributed by atoms with van der Waals surface area (Å²) in [4.78, 5) is 1.23. The molecule has 0 N–H and O–H groups in total. The van der Waals surface area contributed by atoms with Crippen molar-refractivity contribution in [2.45, 2.75) is 43.8 Å². The van der Waals surface area contributed by atoms with Crippen molar-refractivity contribution < 1.29 is 4.74 Å². The molecule has 1 unspecified atom stereocenters. The number of halogens is 1. The van der Waals surface area contributed by atoms with Gasteiger partial charge < -0.3 is 4.74 Å². The summed E-state index contributed by atoms with van der Waals surface area (Å²) in [6, 6.07) is 8.44. The average molecular weight is 259 g/mol. The minimum atomic E-state index is -0.244. The van der Waals surface area contributed by atoms with Crippen LogP contribution < -0.4 is 0 Å². The van der Waals surface area contributed by atoms with Gasteiger partial charge in [-0.2, -0.15) is 0 Å². The van der Waals surface area contributed by atoms with Crippen LogP contribution in [-0.4, -0.2) is 16.9 Å². The Hall–Kier alpha value is -0.180. The molecule has 90 valence electrons. The molecule has 0 saturated heterocycles. The number of ether oxygens (including phenoxy) is 1. The zero-order valence-corrected chi connectivity index (χ0v) is 11.9. The molecule has 1 atom stereocenters. The Kier molecular flexibility index (Phi) is 5.16. The first-order valence-corrected chi connectivity index (χ1v) is 6.80. The highest BCUT2D eigenvalue weighted by Crippen LogP contribution is 2.23. The van der Waals surface area contributed by atoms with Crippen LogP contribution in [0.15, 0.2) is 29.2 Å². The lowest BCUT2D eigenvalue weighted by Crippen LogP contribution is -2.25. The fourth-order valence-electron chi connectivity index (χ4n) is 1.21. The van der Waals surface area contributed by atoms with Crippen LogP contribution >= 0.6 is 23.4 Å². The topological polar surface area (TPSA) is 9.23 Å². The number of thioether (sulfide) groups is 1. The average Bonchev–Trinajstić information content (AvgIpc) is 2.14. The van der Waals surface area contributed by atoms with E-state index in [4.69, 9.17) is 16.3 Å². The summed E-state index contributed by atoms with van der Waals surface area (Å²) < 4.78 is 5.63. The summed E-state index contributed by atoms with van der Waals surface area (Å²) in [5.74, 6) is 0.766. The van der Waals surface area contributed by atoms with E-state index in [-0.39, 0.29) is 11.2 Å². The molecule has 0 saturated carbocycles. The van der Waals surface area contributed by atoms with Gasteiger partial charge in [0.2, 0.25) is 0 Å². The Morgan fingerprint density at radius 1 is 1.25 bits per heavy atom. The summed E-state index contributed by atoms with van der Waals surface area (Å²) in [7, 11) is 0. The predicted octanol–water partition coefficient (Wildman–Crippen LogP) is 4.47. The van der Waals surface area contributed by atoms with Crippen molar-refractivity contribution >= 4 is 23.4 Å². The van der Waals surface area contributed by atoms with E-state index in [1.54, 1.807) is 11.8 Å². The van der Waals surface area contributed by atoms with Gasteiger partial charge in [-0.25, -0.2) is 0 Å². The van der Waals surface area contributed by atoms with Crippen LogP contribution in [0, 0.1) is 6.92 Å². The van der Waals surface area contributed by atoms with E-state index >= 15 is 0 Å². The zero-order chi connectivity index (χ0) is 12.2. The molecule has 0 aliphatic rings. The van der Waals surface area contributed by atoms with Gasteiger partial charge in [-0.1, -0.05) is 29.3 Å². The van der Waals surface area contributed by atoms with Crippen molar-refractivity contribution in [2.24, 2.45) is 0 Å². The number of aryl methyl sites for hydroxylation is 1. The van der Waals surface area contributed by atoms with E-state index in [0.717, 1.165) is 5.75 Å². The molecular formula is C13H19ClOS. The van der Waals surface area contributed by atoms with E-state index in [2.05, 4.69) is 31.2 Å². The van der Waals surface area contributed by atoms with Crippen molar-refractivity contribution in [1.29, 1.82) is 0 Å². The normalized spacial score (nSPS) is 13.8. The van der Waals surface area contributed by atoms with E-state index < -0.39 is 0 Å². The maximum atomic E-state index is 6.10. The number of hydrogen-bond donors (Lipinski definition) is 0. The summed E-state index contributed by atoms with van der Waals surface area (Å²) in [6.45, 7) is 8.12. The maximum absolute atomic E-state index is 6.10. The second kappa shape index (κ2) is 5.95. The fraction of sp³-hybridized carbons (Fsp3) is 0.538. The van der Waals surface area contributed by atoms with Crippen LogP contribution in [0.2, 0.25) is 0 Å². The molecule has 0 amide bonds. The molecule has 0 fully saturated rings. The van der Waals surface area contributed by atoms with Gasteiger partial charge in [-0.15, -0.1) is 11.8 Å². The highest BCUT2D eigenvalue weighted by molar-refractivity contribution is 7.99. The van der Waals surface area contributed by atoms with Crippen LogP contribution in [0.3, 0.4) is 0 Å². The molecule has 1 aromatic carbocycles. The first kappa shape index (κ1) is 13.9. The van der Waals surface area contributed by atoms with Crippen molar-refractivity contribution in [3.8, 4) is 0 Å². The lowest BCUT2D eigenvalue weighted by Gasteiger charge is -2.23. The second-order valence-electron chi connectivity index (χ2n) is 4.76. The van der Waals surface area contributed by atoms with Gasteiger partial charge in [-0.05, 0) is 39.8 Å². The molecular weight excluding hydrogens is 240 g/mol. The maximum Gasteiger partial charge on any atom is 0.141 e. The molecule has 1 rings (SSSR count). The van der Waals surface area contributed by atoms with Crippen molar-refractivity contribution in [1.82, 2.24) is 0 Å². The minimum Gasteiger partial charge on any atom is -0.356 e. The van der Waals surface area contributed by atoms with Crippen molar-refractivity contribution in [2.75, 3.05) is 5.75 Å². The Bertz CT molecular complexity index is 316. The van der Waals surface area contributed by atoms with Gasteiger partial charge in [-0.3, -0.25) is 0 Å². The van der Waals surface area contributed by atoms with Crippen molar-refractivity contribution in [3.05, 3.63) is 29.8 Å². The number of hydrogen-bond acceptors (Lipinski definition) is 2. The van der Waals surface area contributed by atoms with Gasteiger partial charge >= 0.3 is 0 Å². The molecule has 0 radical (unpaired) electrons. The summed E-state index contributed by atoms with van der Waals surface area (Å²) in [6.07, 6.45) is 0. The molecule has 0 heterocycles. The molecule has 1 aromatic rings. The molecule has 0 spiro atoms. The van der Waals surface area contributed by atoms with E-state index in [0.29, 0.717) is 0 Å². The molecule has 0 aromatic heterocycles. The Morgan fingerprint density at radius 2 is 1.81 bits per heavy atom. The number of benzene rings is 1. The molecule has 0 bridgehead atoms. The van der Waals surface area contributed by atoms with Gasteiger partial charge in [0.05, 0.1) is 5.60 Å². The van der Waals surface area contributed by atoms with E-state index in [1.165, 1.54) is 10.5 Å². The Balaban J connectivity index is 2.37. The molecule has 0 aliphatic heterocycles. The van der Waals surface area contributed by atoms with Gasteiger partial charge in [0, 0.05) is 10.6 Å². The van der Waals surface area contributed by atoms with Crippen LogP contribution in [0.1, 0.15) is 26.3 Å². The first-order valence-electron chi connectivity index (χ1n) is 5.38. The Labute approximate surface area is 108 Å². The van der Waals surface area contributed by atoms with Crippen LogP contribution in [-0.2, 0) is 4.74 Å². The smallest absolute Gasteiger partial charge is 0.141 e. The third-order valence-electron chi connectivity index (χ3n) is 1.88. The zero-order valence-electron chi connectivity index (χ0n) is 10.3. The molecule has 3 heteroatoms. The quantitative estimate of drug-likeness (QED) is 0.582. The van der Waals surface area contributed by atoms with E-state index in [9.17, 15) is 0 Å². The summed E-state index contributed by atoms with van der Waals surface area (Å²) in [5, 5.41) is 0. The number of rotatable bonds is 4. The largest absolute Gasteiger partial charge is 0.356 e. The third-order valence-corrected chi connectivity index (χ3v) is 3.38. The Morgan fingerprint density at radius 3 is 2.31 bits per heavy atom. The molecule has 1 nitrogen and oxygen atoms in total. The van der Waals surface area contributed by atoms with Crippen LogP contribution in [0.25, 0.3) is 0 Å². The first-order chi connectivity index (χ1) is 7.37. The summed E-state index contributed by atoms with van der Waals surface area (Å²) in [5.41, 5.74) is 0.851. The standard InChI is InChI=1S/C13H19ClOS/c1-10-5-7-11(8-6-10)16-9-12(14)15-13(2,3)4/h5-8,12H,9H2,1-4H3. The minimum absolute atomic E-state index is 0.180. The summed E-state index contributed by atoms with van der Waals surface area (Å²) >= 11 is 7.82. The number of alkyl halides is 1. The lowest BCUT2D eigenvalue weighted by atomic mass is 10.2. The van der Waals surface area contributed by atoms with Crippen molar-refractivity contribution in [3.63, 3.8) is 0 Å². The van der Waals surface area contributed by atoms with Crippen LogP contribution in [0.5, 0.6) is 0 Å².